The topological polar surface area (TPSA) is 178 Å². The van der Waals surface area contributed by atoms with E-state index in [2.05, 4.69) is 19.7 Å². The molecule has 0 unspecified atom stereocenters. The van der Waals surface area contributed by atoms with Crippen LogP contribution in [0.4, 0.5) is 5.82 Å². The lowest BCUT2D eigenvalue weighted by molar-refractivity contribution is -0.165. The second-order valence-corrected chi connectivity index (χ2v) is 10.4. The summed E-state index contributed by atoms with van der Waals surface area (Å²) in [6.45, 7) is 2.10. The maximum atomic E-state index is 13.1. The number of hydrogen-bond acceptors (Lipinski definition) is 11. The maximum Gasteiger partial charge on any atom is 0.303 e. The molecule has 1 aliphatic heterocycles. The molecule has 2 aromatic heterocycles. The minimum absolute atomic E-state index is 0.0547. The Morgan fingerprint density at radius 2 is 1.74 bits per heavy atom. The van der Waals surface area contributed by atoms with Crippen LogP contribution >= 0.6 is 0 Å². The largest absolute Gasteiger partial charge is 0.456 e. The van der Waals surface area contributed by atoms with Crippen LogP contribution in [0.2, 0.25) is 0 Å². The molecule has 2 aromatic carbocycles. The number of nitrogens with one attached hydrogen (secondary N) is 1. The number of nitrogens with two attached hydrogens (primary N) is 1. The van der Waals surface area contributed by atoms with E-state index in [0.29, 0.717) is 11.2 Å². The third kappa shape index (κ3) is 4.88. The Hall–Kier alpha value is -4.14. The first-order valence-electron chi connectivity index (χ1n) is 11.6. The number of imidazole rings is 1. The van der Waals surface area contributed by atoms with Gasteiger partial charge in [-0.3, -0.25) is 14.2 Å². The summed E-state index contributed by atoms with van der Waals surface area (Å²) in [4.78, 5) is 36.3. The van der Waals surface area contributed by atoms with Crippen molar-refractivity contribution in [1.29, 1.82) is 0 Å². The van der Waals surface area contributed by atoms with Gasteiger partial charge in [0.2, 0.25) is 10.0 Å². The highest BCUT2D eigenvalue weighted by atomic mass is 32.2. The van der Waals surface area contributed by atoms with Crippen LogP contribution in [0, 0.1) is 0 Å². The number of carbonyl (C=O) groups excluding carboxylic acids is 2. The van der Waals surface area contributed by atoms with E-state index in [9.17, 15) is 18.0 Å². The van der Waals surface area contributed by atoms with Gasteiger partial charge in [0.25, 0.3) is 0 Å². The van der Waals surface area contributed by atoms with Crippen molar-refractivity contribution < 1.29 is 32.2 Å². The van der Waals surface area contributed by atoms with Gasteiger partial charge in [0, 0.05) is 20.4 Å². The summed E-state index contributed by atoms with van der Waals surface area (Å²) >= 11 is 0. The van der Waals surface area contributed by atoms with Gasteiger partial charge in [0.15, 0.2) is 29.9 Å². The van der Waals surface area contributed by atoms with Crippen molar-refractivity contribution in [2.75, 3.05) is 12.3 Å². The molecule has 5 rings (SSSR count). The number of carbonyl (C=O) groups is 2. The van der Waals surface area contributed by atoms with E-state index in [0.717, 1.165) is 10.8 Å². The number of sulfonamides is 1. The molecule has 13 nitrogen and oxygen atoms in total. The molecule has 198 valence electrons. The number of rotatable bonds is 7. The van der Waals surface area contributed by atoms with Crippen LogP contribution in [0.3, 0.4) is 0 Å². The van der Waals surface area contributed by atoms with Crippen molar-refractivity contribution in [2.24, 2.45) is 0 Å². The summed E-state index contributed by atoms with van der Waals surface area (Å²) in [5, 5.41) is 1.65. The van der Waals surface area contributed by atoms with E-state index in [1.807, 2.05) is 24.3 Å². The highest BCUT2D eigenvalue weighted by Gasteiger charge is 2.50. The van der Waals surface area contributed by atoms with Crippen molar-refractivity contribution in [3.05, 3.63) is 55.1 Å². The number of hydrogen-bond donors (Lipinski definition) is 2. The number of aromatic nitrogens is 4. The summed E-state index contributed by atoms with van der Waals surface area (Å²) in [5.74, 6) is -1.19. The standard InChI is InChI=1S/C24H24N6O7S/c1-13(31)35-20-18(10-29-38(33,34)17-8-7-15-5-3-4-6-16(15)9-17)37-24(21(20)36-14(2)32)30-12-28-19-22(25)26-11-27-23(19)30/h3-9,11-12,18,20-21,24,29H,10H2,1-2H3,(H2,25,26,27)/t18-,20-,21-,24-/m1/s1. The van der Waals surface area contributed by atoms with Gasteiger partial charge in [-0.05, 0) is 22.9 Å². The van der Waals surface area contributed by atoms with Gasteiger partial charge in [-0.25, -0.2) is 28.1 Å². The predicted octanol–water partition coefficient (Wildman–Crippen LogP) is 1.30. The highest BCUT2D eigenvalue weighted by molar-refractivity contribution is 7.89. The number of nitrogen functional groups attached to an aromatic ring is 1. The van der Waals surface area contributed by atoms with E-state index in [-0.39, 0.29) is 17.3 Å². The molecular weight excluding hydrogens is 516 g/mol. The fourth-order valence-corrected chi connectivity index (χ4v) is 5.49. The lowest BCUT2D eigenvalue weighted by Gasteiger charge is -2.24. The van der Waals surface area contributed by atoms with E-state index < -0.39 is 46.5 Å². The minimum Gasteiger partial charge on any atom is -0.456 e. The Bertz CT molecular complexity index is 1640. The molecule has 0 aliphatic carbocycles. The molecular formula is C24H24N6O7S. The van der Waals surface area contributed by atoms with Crippen LogP contribution in [-0.2, 0) is 33.8 Å². The molecule has 0 spiro atoms. The second kappa shape index (κ2) is 9.96. The van der Waals surface area contributed by atoms with Gasteiger partial charge in [0.05, 0.1) is 11.2 Å². The number of fused-ring (bicyclic) bond motifs is 2. The molecule has 0 radical (unpaired) electrons. The van der Waals surface area contributed by atoms with E-state index in [4.69, 9.17) is 19.9 Å². The Morgan fingerprint density at radius 3 is 2.47 bits per heavy atom. The first-order chi connectivity index (χ1) is 18.1. The summed E-state index contributed by atoms with van der Waals surface area (Å²) < 4.78 is 47.3. The molecule has 1 fully saturated rings. The summed E-state index contributed by atoms with van der Waals surface area (Å²) in [6, 6.07) is 12.1. The molecule has 4 aromatic rings. The van der Waals surface area contributed by atoms with Crippen LogP contribution in [0.15, 0.2) is 60.0 Å². The predicted molar refractivity (Wildman–Crippen MR) is 134 cm³/mol. The Kier molecular flexibility index (Phi) is 6.69. The van der Waals surface area contributed by atoms with E-state index in [1.54, 1.807) is 12.1 Å². The van der Waals surface area contributed by atoms with E-state index in [1.165, 1.54) is 37.1 Å². The number of ether oxygens (including phenoxy) is 3. The SMILES string of the molecule is CC(=O)O[C@@H]1[C@H](OC(C)=O)[C@@H](CNS(=O)(=O)c2ccc3ccccc3c2)O[C@H]1n1cnc2c(N)ncnc21. The van der Waals surface area contributed by atoms with Crippen molar-refractivity contribution in [3.8, 4) is 0 Å². The van der Waals surface area contributed by atoms with E-state index >= 15 is 0 Å². The number of nitrogens with zero attached hydrogens (tertiary/aromatic N) is 4. The average molecular weight is 541 g/mol. The number of anilines is 1. The molecule has 14 heteroatoms. The van der Waals surface area contributed by atoms with Crippen LogP contribution in [-0.4, -0.2) is 64.7 Å². The number of esters is 2. The van der Waals surface area contributed by atoms with Gasteiger partial charge in [0.1, 0.15) is 17.9 Å². The van der Waals surface area contributed by atoms with Crippen LogP contribution < -0.4 is 10.5 Å². The lowest BCUT2D eigenvalue weighted by Crippen LogP contribution is -2.43. The molecule has 0 amide bonds. The molecule has 38 heavy (non-hydrogen) atoms. The second-order valence-electron chi connectivity index (χ2n) is 8.66. The molecule has 0 saturated carbocycles. The van der Waals surface area contributed by atoms with Crippen molar-refractivity contribution in [3.63, 3.8) is 0 Å². The van der Waals surface area contributed by atoms with Gasteiger partial charge < -0.3 is 19.9 Å². The first-order valence-corrected chi connectivity index (χ1v) is 13.0. The third-order valence-electron chi connectivity index (χ3n) is 6.06. The molecule has 3 heterocycles. The monoisotopic (exact) mass is 540 g/mol. The third-order valence-corrected chi connectivity index (χ3v) is 7.48. The zero-order chi connectivity index (χ0) is 27.0. The summed E-state index contributed by atoms with van der Waals surface area (Å²) in [7, 11) is -3.98. The van der Waals surface area contributed by atoms with Crippen LogP contribution in [0.1, 0.15) is 20.1 Å². The number of benzene rings is 2. The Balaban J connectivity index is 1.46. The zero-order valence-corrected chi connectivity index (χ0v) is 21.2. The van der Waals surface area contributed by atoms with Gasteiger partial charge in [-0.2, -0.15) is 0 Å². The summed E-state index contributed by atoms with van der Waals surface area (Å²) in [5.41, 5.74) is 6.47. The van der Waals surface area contributed by atoms with Crippen LogP contribution in [0.5, 0.6) is 0 Å². The maximum absolute atomic E-state index is 13.1. The van der Waals surface area contributed by atoms with Gasteiger partial charge in [-0.15, -0.1) is 0 Å². The minimum atomic E-state index is -3.98. The normalized spacial score (nSPS) is 21.5. The van der Waals surface area contributed by atoms with Crippen LogP contribution in [0.25, 0.3) is 21.9 Å². The van der Waals surface area contributed by atoms with Crippen molar-refractivity contribution in [2.45, 2.75) is 43.3 Å². The molecule has 3 N–H and O–H groups in total. The van der Waals surface area contributed by atoms with Crippen molar-refractivity contribution >= 4 is 49.7 Å². The first kappa shape index (κ1) is 25.5. The average Bonchev–Trinajstić information content (AvgIpc) is 3.44. The quantitative estimate of drug-likeness (QED) is 0.323. The van der Waals surface area contributed by atoms with Gasteiger partial charge >= 0.3 is 11.9 Å². The highest BCUT2D eigenvalue weighted by Crippen LogP contribution is 2.36. The molecule has 1 aliphatic rings. The fourth-order valence-electron chi connectivity index (χ4n) is 4.41. The molecule has 4 atom stereocenters. The summed E-state index contributed by atoms with van der Waals surface area (Å²) in [6.07, 6.45) is -1.75. The van der Waals surface area contributed by atoms with Gasteiger partial charge in [-0.1, -0.05) is 30.3 Å². The Labute approximate surface area is 217 Å². The van der Waals surface area contributed by atoms with Crippen molar-refractivity contribution in [1.82, 2.24) is 24.2 Å². The fraction of sp³-hybridized carbons (Fsp3) is 0.292. The Morgan fingerprint density at radius 1 is 1.03 bits per heavy atom. The lowest BCUT2D eigenvalue weighted by atomic mass is 10.1. The smallest absolute Gasteiger partial charge is 0.303 e. The molecule has 1 saturated heterocycles. The zero-order valence-electron chi connectivity index (χ0n) is 20.3. The molecule has 0 bridgehead atoms.